The molecule has 1 aromatic heterocycles. The van der Waals surface area contributed by atoms with Crippen LogP contribution in [0, 0.1) is 6.92 Å². The molecule has 2 aromatic rings. The van der Waals surface area contributed by atoms with E-state index in [4.69, 9.17) is 9.47 Å². The van der Waals surface area contributed by atoms with E-state index in [1.54, 1.807) is 25.6 Å². The number of rotatable bonds is 5. The molecule has 0 aliphatic carbocycles. The molecule has 2 rings (SSSR count). The Balaban J connectivity index is 2.29. The van der Waals surface area contributed by atoms with Crippen molar-refractivity contribution in [2.45, 2.75) is 19.4 Å². The van der Waals surface area contributed by atoms with E-state index in [0.29, 0.717) is 23.5 Å². The number of aryl methyl sites for hydroxylation is 1. The van der Waals surface area contributed by atoms with Crippen LogP contribution in [0.2, 0.25) is 0 Å². The van der Waals surface area contributed by atoms with Crippen molar-refractivity contribution in [1.82, 2.24) is 4.98 Å². The predicted octanol–water partition coefficient (Wildman–Crippen LogP) is 2.74. The summed E-state index contributed by atoms with van der Waals surface area (Å²) in [5.74, 6) is 1.25. The zero-order valence-corrected chi connectivity index (χ0v) is 12.0. The van der Waals surface area contributed by atoms with E-state index >= 15 is 0 Å². The number of aliphatic hydroxyl groups excluding tert-OH is 1. The number of hydrogen-bond acceptors (Lipinski definition) is 5. The van der Waals surface area contributed by atoms with E-state index < -0.39 is 6.10 Å². The van der Waals surface area contributed by atoms with Gasteiger partial charge in [-0.2, -0.15) is 0 Å². The molecule has 4 nitrogen and oxygen atoms in total. The van der Waals surface area contributed by atoms with Crippen molar-refractivity contribution >= 4 is 11.3 Å². The molecule has 0 fully saturated rings. The molecule has 0 aliphatic heterocycles. The van der Waals surface area contributed by atoms with Crippen LogP contribution in [0.25, 0.3) is 0 Å². The molecule has 0 amide bonds. The molecular weight excluding hydrogens is 262 g/mol. The summed E-state index contributed by atoms with van der Waals surface area (Å²) in [6.45, 7) is 1.95. The fraction of sp³-hybridized carbons (Fsp3) is 0.357. The number of methoxy groups -OCH3 is 2. The van der Waals surface area contributed by atoms with E-state index in [1.165, 1.54) is 0 Å². The van der Waals surface area contributed by atoms with Gasteiger partial charge in [-0.25, -0.2) is 4.98 Å². The number of benzene rings is 1. The highest BCUT2D eigenvalue weighted by Crippen LogP contribution is 2.35. The Morgan fingerprint density at radius 1 is 1.26 bits per heavy atom. The van der Waals surface area contributed by atoms with E-state index in [2.05, 4.69) is 4.98 Å². The first kappa shape index (κ1) is 13.8. The van der Waals surface area contributed by atoms with Crippen LogP contribution in [0.1, 0.15) is 22.4 Å². The Bertz CT molecular complexity index is 531. The van der Waals surface area contributed by atoms with Gasteiger partial charge in [0.15, 0.2) is 0 Å². The van der Waals surface area contributed by atoms with Gasteiger partial charge in [-0.15, -0.1) is 11.3 Å². The van der Waals surface area contributed by atoms with E-state index in [0.717, 1.165) is 10.7 Å². The molecular formula is C14H17NO3S. The average molecular weight is 279 g/mol. The van der Waals surface area contributed by atoms with Crippen molar-refractivity contribution < 1.29 is 14.6 Å². The molecule has 19 heavy (non-hydrogen) atoms. The second-order valence-corrected chi connectivity index (χ2v) is 5.22. The van der Waals surface area contributed by atoms with Gasteiger partial charge >= 0.3 is 0 Å². The van der Waals surface area contributed by atoms with Crippen LogP contribution in [0.3, 0.4) is 0 Å². The maximum absolute atomic E-state index is 10.4. The minimum atomic E-state index is -0.701. The van der Waals surface area contributed by atoms with Gasteiger partial charge in [0.1, 0.15) is 11.5 Å². The third kappa shape index (κ3) is 3.05. The fourth-order valence-electron chi connectivity index (χ4n) is 2.01. The molecule has 1 unspecified atom stereocenters. The van der Waals surface area contributed by atoms with Crippen molar-refractivity contribution in [2.75, 3.05) is 14.2 Å². The molecule has 1 heterocycles. The minimum Gasteiger partial charge on any atom is -0.496 e. The van der Waals surface area contributed by atoms with Crippen LogP contribution < -0.4 is 9.47 Å². The highest BCUT2D eigenvalue weighted by molar-refractivity contribution is 7.09. The number of thiazole rings is 1. The number of nitrogens with zero attached hydrogens (tertiary/aromatic N) is 1. The lowest BCUT2D eigenvalue weighted by atomic mass is 10.0. The fourth-order valence-corrected chi connectivity index (χ4v) is 2.64. The van der Waals surface area contributed by atoms with Crippen LogP contribution in [-0.4, -0.2) is 24.3 Å². The maximum atomic E-state index is 10.4. The Morgan fingerprint density at radius 2 is 1.89 bits per heavy atom. The second-order valence-electron chi connectivity index (χ2n) is 4.15. The zero-order valence-electron chi connectivity index (χ0n) is 11.2. The Kier molecular flexibility index (Phi) is 4.39. The highest BCUT2D eigenvalue weighted by atomic mass is 32.1. The van der Waals surface area contributed by atoms with Crippen molar-refractivity contribution in [3.63, 3.8) is 0 Å². The number of ether oxygens (including phenoxy) is 2. The molecule has 0 radical (unpaired) electrons. The lowest BCUT2D eigenvalue weighted by molar-refractivity contribution is 0.168. The first-order valence-electron chi connectivity index (χ1n) is 5.95. The maximum Gasteiger partial charge on any atom is 0.128 e. The van der Waals surface area contributed by atoms with Crippen molar-refractivity contribution in [1.29, 1.82) is 0 Å². The van der Waals surface area contributed by atoms with Crippen LogP contribution in [0.5, 0.6) is 11.5 Å². The van der Waals surface area contributed by atoms with Crippen molar-refractivity contribution in [2.24, 2.45) is 0 Å². The Morgan fingerprint density at radius 3 is 2.37 bits per heavy atom. The second kappa shape index (κ2) is 6.04. The summed E-state index contributed by atoms with van der Waals surface area (Å²) < 4.78 is 10.6. The highest BCUT2D eigenvalue weighted by Gasteiger charge is 2.19. The first-order valence-corrected chi connectivity index (χ1v) is 6.83. The zero-order chi connectivity index (χ0) is 13.8. The van der Waals surface area contributed by atoms with E-state index in [1.807, 2.05) is 30.5 Å². The van der Waals surface area contributed by atoms with Crippen molar-refractivity contribution in [3.05, 3.63) is 39.8 Å². The summed E-state index contributed by atoms with van der Waals surface area (Å²) in [6, 6.07) is 5.46. The Hall–Kier alpha value is -1.59. The van der Waals surface area contributed by atoms with Crippen LogP contribution >= 0.6 is 11.3 Å². The number of aromatic nitrogens is 1. The number of aliphatic hydroxyl groups is 1. The van der Waals surface area contributed by atoms with Gasteiger partial charge in [0, 0.05) is 11.8 Å². The molecule has 1 atom stereocenters. The Labute approximate surface area is 116 Å². The molecule has 0 saturated heterocycles. The van der Waals surface area contributed by atoms with Crippen LogP contribution in [-0.2, 0) is 6.42 Å². The van der Waals surface area contributed by atoms with Crippen molar-refractivity contribution in [3.8, 4) is 11.5 Å². The normalized spacial score (nSPS) is 12.2. The van der Waals surface area contributed by atoms with E-state index in [-0.39, 0.29) is 0 Å². The quantitative estimate of drug-likeness (QED) is 0.914. The first-order chi connectivity index (χ1) is 9.15. The summed E-state index contributed by atoms with van der Waals surface area (Å²) in [5.41, 5.74) is 1.54. The molecule has 102 valence electrons. The van der Waals surface area contributed by atoms with Crippen LogP contribution in [0.15, 0.2) is 23.6 Å². The molecule has 0 spiro atoms. The van der Waals surface area contributed by atoms with Gasteiger partial charge in [0.2, 0.25) is 0 Å². The molecule has 0 saturated carbocycles. The van der Waals surface area contributed by atoms with E-state index in [9.17, 15) is 5.11 Å². The number of hydrogen-bond donors (Lipinski definition) is 1. The average Bonchev–Trinajstić information content (AvgIpc) is 2.82. The summed E-state index contributed by atoms with van der Waals surface area (Å²) >= 11 is 1.58. The summed E-state index contributed by atoms with van der Waals surface area (Å²) in [4.78, 5) is 4.36. The van der Waals surface area contributed by atoms with Crippen LogP contribution in [0.4, 0.5) is 0 Å². The minimum absolute atomic E-state index is 0.446. The standard InChI is InChI=1S/C14H17NO3S/c1-9-15-10(8-19-9)7-11(16)14-12(17-2)5-4-6-13(14)18-3/h4-6,8,11,16H,7H2,1-3H3. The molecule has 0 bridgehead atoms. The van der Waals surface area contributed by atoms with Gasteiger partial charge in [0.05, 0.1) is 36.6 Å². The molecule has 1 aromatic carbocycles. The smallest absolute Gasteiger partial charge is 0.128 e. The van der Waals surface area contributed by atoms with Gasteiger partial charge < -0.3 is 14.6 Å². The third-order valence-electron chi connectivity index (χ3n) is 2.87. The van der Waals surface area contributed by atoms with Gasteiger partial charge in [0.25, 0.3) is 0 Å². The van der Waals surface area contributed by atoms with Gasteiger partial charge in [-0.05, 0) is 19.1 Å². The molecule has 5 heteroatoms. The van der Waals surface area contributed by atoms with Gasteiger partial charge in [-0.3, -0.25) is 0 Å². The summed E-state index contributed by atoms with van der Waals surface area (Å²) in [6.07, 6.45) is -0.256. The summed E-state index contributed by atoms with van der Waals surface area (Å²) in [5, 5.41) is 13.4. The van der Waals surface area contributed by atoms with Gasteiger partial charge in [-0.1, -0.05) is 6.07 Å². The monoisotopic (exact) mass is 279 g/mol. The summed E-state index contributed by atoms with van der Waals surface area (Å²) in [7, 11) is 3.16. The third-order valence-corrected chi connectivity index (χ3v) is 3.69. The lowest BCUT2D eigenvalue weighted by Crippen LogP contribution is -2.06. The largest absolute Gasteiger partial charge is 0.496 e. The predicted molar refractivity (Wildman–Crippen MR) is 75.1 cm³/mol. The topological polar surface area (TPSA) is 51.6 Å². The lowest BCUT2D eigenvalue weighted by Gasteiger charge is -2.17. The molecule has 0 aliphatic rings. The molecule has 1 N–H and O–H groups in total. The SMILES string of the molecule is COc1cccc(OC)c1C(O)Cc1csc(C)n1.